The average molecular weight is 353 g/mol. The van der Waals surface area contributed by atoms with Crippen molar-refractivity contribution in [3.63, 3.8) is 0 Å². The van der Waals surface area contributed by atoms with Gasteiger partial charge in [-0.15, -0.1) is 11.3 Å². The summed E-state index contributed by atoms with van der Waals surface area (Å²) in [6, 6.07) is 20.6. The minimum absolute atomic E-state index is 0.0267. The lowest BCUT2D eigenvalue weighted by atomic mass is 10.1. The van der Waals surface area contributed by atoms with E-state index in [1.165, 1.54) is 5.56 Å². The molecule has 1 heterocycles. The van der Waals surface area contributed by atoms with Crippen LogP contribution in [0.4, 0.5) is 0 Å². The number of carbonyl (C=O) groups excluding carboxylic acids is 1. The predicted octanol–water partition coefficient (Wildman–Crippen LogP) is 4.20. The molecule has 0 atom stereocenters. The zero-order valence-electron chi connectivity index (χ0n) is 14.6. The van der Waals surface area contributed by atoms with E-state index in [2.05, 4.69) is 53.7 Å². The van der Waals surface area contributed by atoms with Gasteiger partial charge in [-0.05, 0) is 49.5 Å². The summed E-state index contributed by atoms with van der Waals surface area (Å²) in [6.45, 7) is 2.58. The molecule has 25 heavy (non-hydrogen) atoms. The summed E-state index contributed by atoms with van der Waals surface area (Å²) in [6.07, 6.45) is 2.23. The Morgan fingerprint density at radius 1 is 1.04 bits per heavy atom. The number of hydrogen-bond donors (Lipinski definition) is 1. The van der Waals surface area contributed by atoms with E-state index in [-0.39, 0.29) is 5.91 Å². The lowest BCUT2D eigenvalue weighted by molar-refractivity contribution is 0.0954. The number of likely N-dealkylation sites (N-methyl/N-ethyl adjacent to an activating group) is 1. The number of nitrogens with one attached hydrogen (secondary N) is 1. The summed E-state index contributed by atoms with van der Waals surface area (Å²) in [5.74, 6) is 0.0267. The highest BCUT2D eigenvalue weighted by Crippen LogP contribution is 2.24. The Kier molecular flexibility index (Phi) is 6.20. The van der Waals surface area contributed by atoms with Crippen LogP contribution in [0, 0.1) is 0 Å². The number of fused-ring (bicyclic) bond motifs is 1. The molecule has 0 aliphatic heterocycles. The summed E-state index contributed by atoms with van der Waals surface area (Å²) in [4.78, 5) is 15.3. The van der Waals surface area contributed by atoms with Crippen molar-refractivity contribution < 1.29 is 4.79 Å². The SMILES string of the molecule is CN(CCCc1ccccc1)CCNC(=O)c1cc2ccccc2s1. The lowest BCUT2D eigenvalue weighted by Gasteiger charge is -2.16. The molecular weight excluding hydrogens is 328 g/mol. The Hall–Kier alpha value is -2.17. The molecule has 3 nitrogen and oxygen atoms in total. The van der Waals surface area contributed by atoms with Gasteiger partial charge < -0.3 is 10.2 Å². The number of carbonyl (C=O) groups is 1. The quantitative estimate of drug-likeness (QED) is 0.659. The lowest BCUT2D eigenvalue weighted by Crippen LogP contribution is -2.33. The second-order valence-corrected chi connectivity index (χ2v) is 7.38. The van der Waals surface area contributed by atoms with Crippen LogP contribution in [0.5, 0.6) is 0 Å². The molecule has 0 unspecified atom stereocenters. The van der Waals surface area contributed by atoms with Crippen molar-refractivity contribution in [2.24, 2.45) is 0 Å². The zero-order chi connectivity index (χ0) is 17.5. The van der Waals surface area contributed by atoms with E-state index in [9.17, 15) is 4.79 Å². The van der Waals surface area contributed by atoms with Gasteiger partial charge in [0.05, 0.1) is 4.88 Å². The monoisotopic (exact) mass is 352 g/mol. The topological polar surface area (TPSA) is 32.3 Å². The smallest absolute Gasteiger partial charge is 0.261 e. The highest BCUT2D eigenvalue weighted by atomic mass is 32.1. The van der Waals surface area contributed by atoms with Crippen molar-refractivity contribution in [3.8, 4) is 0 Å². The van der Waals surface area contributed by atoms with Gasteiger partial charge in [-0.2, -0.15) is 0 Å². The van der Waals surface area contributed by atoms with Gasteiger partial charge in [0, 0.05) is 17.8 Å². The molecule has 0 aliphatic rings. The maximum atomic E-state index is 12.3. The molecule has 0 aliphatic carbocycles. The Labute approximate surface area is 153 Å². The van der Waals surface area contributed by atoms with Crippen LogP contribution in [0.2, 0.25) is 0 Å². The van der Waals surface area contributed by atoms with Crippen LogP contribution in [0.15, 0.2) is 60.7 Å². The van der Waals surface area contributed by atoms with Gasteiger partial charge in [-0.25, -0.2) is 0 Å². The number of aryl methyl sites for hydroxylation is 1. The van der Waals surface area contributed by atoms with Crippen molar-refractivity contribution >= 4 is 27.3 Å². The predicted molar refractivity (Wildman–Crippen MR) is 106 cm³/mol. The van der Waals surface area contributed by atoms with Crippen molar-refractivity contribution in [1.82, 2.24) is 10.2 Å². The second kappa shape index (κ2) is 8.79. The number of nitrogens with zero attached hydrogens (tertiary/aromatic N) is 1. The maximum Gasteiger partial charge on any atom is 0.261 e. The number of thiophene rings is 1. The molecule has 0 radical (unpaired) electrons. The molecule has 0 spiro atoms. The summed E-state index contributed by atoms with van der Waals surface area (Å²) in [5, 5.41) is 4.16. The third-order valence-corrected chi connectivity index (χ3v) is 5.39. The number of hydrogen-bond acceptors (Lipinski definition) is 3. The van der Waals surface area contributed by atoms with Crippen molar-refractivity contribution in [3.05, 3.63) is 71.1 Å². The Morgan fingerprint density at radius 2 is 1.80 bits per heavy atom. The van der Waals surface area contributed by atoms with Gasteiger partial charge >= 0.3 is 0 Å². The summed E-state index contributed by atoms with van der Waals surface area (Å²) in [7, 11) is 2.11. The molecule has 1 N–H and O–H groups in total. The summed E-state index contributed by atoms with van der Waals surface area (Å²) < 4.78 is 1.16. The van der Waals surface area contributed by atoms with E-state index < -0.39 is 0 Å². The van der Waals surface area contributed by atoms with Gasteiger partial charge in [-0.1, -0.05) is 48.5 Å². The van der Waals surface area contributed by atoms with E-state index in [1.807, 2.05) is 24.3 Å². The van der Waals surface area contributed by atoms with Crippen LogP contribution in [0.25, 0.3) is 10.1 Å². The van der Waals surface area contributed by atoms with Crippen molar-refractivity contribution in [2.45, 2.75) is 12.8 Å². The highest BCUT2D eigenvalue weighted by Gasteiger charge is 2.09. The number of amides is 1. The van der Waals surface area contributed by atoms with Gasteiger partial charge in [0.25, 0.3) is 5.91 Å². The van der Waals surface area contributed by atoms with E-state index in [4.69, 9.17) is 0 Å². The molecule has 0 fully saturated rings. The largest absolute Gasteiger partial charge is 0.350 e. The Bertz CT molecular complexity index is 780. The van der Waals surface area contributed by atoms with Gasteiger partial charge in [0.15, 0.2) is 0 Å². The van der Waals surface area contributed by atoms with Crippen LogP contribution in [-0.4, -0.2) is 37.5 Å². The van der Waals surface area contributed by atoms with E-state index in [0.29, 0.717) is 6.54 Å². The van der Waals surface area contributed by atoms with E-state index in [0.717, 1.165) is 40.9 Å². The first-order valence-corrected chi connectivity index (χ1v) is 9.53. The first-order valence-electron chi connectivity index (χ1n) is 8.71. The Morgan fingerprint density at radius 3 is 2.60 bits per heavy atom. The third-order valence-electron chi connectivity index (χ3n) is 4.28. The second-order valence-electron chi connectivity index (χ2n) is 6.30. The number of rotatable bonds is 8. The van der Waals surface area contributed by atoms with Crippen LogP contribution >= 0.6 is 11.3 Å². The Balaban J connectivity index is 1.37. The van der Waals surface area contributed by atoms with E-state index in [1.54, 1.807) is 11.3 Å². The molecule has 2 aromatic carbocycles. The molecule has 1 amide bonds. The standard InChI is InChI=1S/C21H24N2OS/c1-23(14-7-10-17-8-3-2-4-9-17)15-13-22-21(24)20-16-18-11-5-6-12-19(18)25-20/h2-6,8-9,11-12,16H,7,10,13-15H2,1H3,(H,22,24). The molecule has 3 rings (SSSR count). The normalized spacial score (nSPS) is 11.1. The van der Waals surface area contributed by atoms with Crippen molar-refractivity contribution in [1.29, 1.82) is 0 Å². The molecule has 0 bridgehead atoms. The first kappa shape index (κ1) is 17.6. The molecule has 130 valence electrons. The molecule has 1 aromatic heterocycles. The maximum absolute atomic E-state index is 12.3. The number of benzene rings is 2. The van der Waals surface area contributed by atoms with Crippen LogP contribution < -0.4 is 5.32 Å². The fourth-order valence-corrected chi connectivity index (χ4v) is 3.83. The molecule has 4 heteroatoms. The molecule has 0 saturated carbocycles. The van der Waals surface area contributed by atoms with Crippen LogP contribution in [0.1, 0.15) is 21.7 Å². The van der Waals surface area contributed by atoms with Crippen molar-refractivity contribution in [2.75, 3.05) is 26.7 Å². The summed E-state index contributed by atoms with van der Waals surface area (Å²) in [5.41, 5.74) is 1.38. The molecule has 3 aromatic rings. The van der Waals surface area contributed by atoms with Crippen LogP contribution in [0.3, 0.4) is 0 Å². The fraction of sp³-hybridized carbons (Fsp3) is 0.286. The van der Waals surface area contributed by atoms with E-state index >= 15 is 0 Å². The minimum Gasteiger partial charge on any atom is -0.350 e. The summed E-state index contributed by atoms with van der Waals surface area (Å²) >= 11 is 1.55. The zero-order valence-corrected chi connectivity index (χ0v) is 15.4. The molecule has 0 saturated heterocycles. The third kappa shape index (κ3) is 5.15. The van der Waals surface area contributed by atoms with Gasteiger partial charge in [0.1, 0.15) is 0 Å². The molecular formula is C21H24N2OS. The highest BCUT2D eigenvalue weighted by molar-refractivity contribution is 7.20. The van der Waals surface area contributed by atoms with Gasteiger partial charge in [-0.3, -0.25) is 4.79 Å². The minimum atomic E-state index is 0.0267. The average Bonchev–Trinajstić information content (AvgIpc) is 3.07. The van der Waals surface area contributed by atoms with Crippen LogP contribution in [-0.2, 0) is 6.42 Å². The van der Waals surface area contributed by atoms with Gasteiger partial charge in [0.2, 0.25) is 0 Å². The fourth-order valence-electron chi connectivity index (χ4n) is 2.85. The first-order chi connectivity index (χ1) is 12.2.